The third-order valence-electron chi connectivity index (χ3n) is 1.47. The fourth-order valence-electron chi connectivity index (χ4n) is 0.601. The van der Waals surface area contributed by atoms with Crippen LogP contribution in [-0.2, 0) is 5.54 Å². The van der Waals surface area contributed by atoms with Crippen LogP contribution in [0.25, 0.3) is 0 Å². The van der Waals surface area contributed by atoms with Gasteiger partial charge in [-0.2, -0.15) is 13.2 Å². The molecular weight excluding hydrogens is 189 g/mol. The number of hydrogen-bond acceptors (Lipinski definition) is 3. The van der Waals surface area contributed by atoms with Gasteiger partial charge in [-0.15, -0.1) is 11.3 Å². The molecule has 12 heavy (non-hydrogen) atoms. The molecule has 6 heteroatoms. The zero-order chi connectivity index (χ0) is 9.41. The highest BCUT2D eigenvalue weighted by atomic mass is 32.1. The molecule has 1 atom stereocenters. The van der Waals surface area contributed by atoms with Crippen LogP contribution >= 0.6 is 11.3 Å². The summed E-state index contributed by atoms with van der Waals surface area (Å²) in [6.45, 7) is 0.909. The Labute approximate surface area is 71.2 Å². The Hall–Kier alpha value is -0.620. The first kappa shape index (κ1) is 9.47. The Morgan fingerprint density at radius 3 is 2.42 bits per heavy atom. The number of halogens is 3. The van der Waals surface area contributed by atoms with Crippen molar-refractivity contribution in [2.45, 2.75) is 18.6 Å². The molecule has 2 N–H and O–H groups in total. The smallest absolute Gasteiger partial charge is 0.312 e. The maximum atomic E-state index is 12.2. The van der Waals surface area contributed by atoms with Crippen LogP contribution in [-0.4, -0.2) is 11.2 Å². The maximum Gasteiger partial charge on any atom is 0.412 e. The van der Waals surface area contributed by atoms with Gasteiger partial charge in [-0.3, -0.25) is 0 Å². The first-order valence-corrected chi connectivity index (χ1v) is 3.99. The zero-order valence-electron chi connectivity index (χ0n) is 6.22. The van der Waals surface area contributed by atoms with Crippen LogP contribution in [0.4, 0.5) is 13.2 Å². The lowest BCUT2D eigenvalue weighted by atomic mass is 10.1. The Balaban J connectivity index is 3.02. The van der Waals surface area contributed by atoms with Crippen molar-refractivity contribution in [1.29, 1.82) is 0 Å². The van der Waals surface area contributed by atoms with Gasteiger partial charge in [-0.05, 0) is 6.92 Å². The van der Waals surface area contributed by atoms with Gasteiger partial charge in [0.05, 0.1) is 0 Å². The average Bonchev–Trinajstić information content (AvgIpc) is 2.34. The SMILES string of the molecule is C[C@](N)(c1nccs1)C(F)(F)F. The van der Waals surface area contributed by atoms with Crippen LogP contribution in [0.2, 0.25) is 0 Å². The second kappa shape index (κ2) is 2.70. The molecule has 0 unspecified atom stereocenters. The maximum absolute atomic E-state index is 12.2. The molecule has 0 bridgehead atoms. The fraction of sp³-hybridized carbons (Fsp3) is 0.500. The van der Waals surface area contributed by atoms with Crippen molar-refractivity contribution >= 4 is 11.3 Å². The predicted molar refractivity (Wildman–Crippen MR) is 39.7 cm³/mol. The van der Waals surface area contributed by atoms with E-state index in [1.807, 2.05) is 0 Å². The van der Waals surface area contributed by atoms with E-state index in [1.165, 1.54) is 11.6 Å². The van der Waals surface area contributed by atoms with Gasteiger partial charge >= 0.3 is 6.18 Å². The number of nitrogens with zero attached hydrogens (tertiary/aromatic N) is 1. The molecule has 0 saturated heterocycles. The molecule has 0 amide bonds. The van der Waals surface area contributed by atoms with Crippen LogP contribution in [0, 0.1) is 0 Å². The van der Waals surface area contributed by atoms with Gasteiger partial charge in [0, 0.05) is 11.6 Å². The van der Waals surface area contributed by atoms with Crippen molar-refractivity contribution < 1.29 is 13.2 Å². The van der Waals surface area contributed by atoms with Crippen molar-refractivity contribution in [1.82, 2.24) is 4.98 Å². The lowest BCUT2D eigenvalue weighted by Gasteiger charge is -2.24. The van der Waals surface area contributed by atoms with E-state index in [4.69, 9.17) is 5.73 Å². The molecule has 1 rings (SSSR count). The highest BCUT2D eigenvalue weighted by molar-refractivity contribution is 7.09. The van der Waals surface area contributed by atoms with Crippen LogP contribution < -0.4 is 5.73 Å². The highest BCUT2D eigenvalue weighted by Crippen LogP contribution is 2.36. The monoisotopic (exact) mass is 196 g/mol. The van der Waals surface area contributed by atoms with Gasteiger partial charge in [-0.1, -0.05) is 0 Å². The first-order chi connectivity index (χ1) is 5.36. The normalized spacial score (nSPS) is 17.4. The Morgan fingerprint density at radius 2 is 2.08 bits per heavy atom. The molecule has 0 fully saturated rings. The topological polar surface area (TPSA) is 38.9 Å². The summed E-state index contributed by atoms with van der Waals surface area (Å²) >= 11 is 0.901. The summed E-state index contributed by atoms with van der Waals surface area (Å²) < 4.78 is 36.7. The van der Waals surface area contributed by atoms with Gasteiger partial charge in [0.15, 0.2) is 5.54 Å². The van der Waals surface area contributed by atoms with E-state index in [2.05, 4.69) is 4.98 Å². The predicted octanol–water partition coefficient (Wildman–Crippen LogP) is 1.88. The van der Waals surface area contributed by atoms with Crippen molar-refractivity contribution in [2.24, 2.45) is 5.73 Å². The summed E-state index contributed by atoms with van der Waals surface area (Å²) in [5.74, 6) is 0. The molecular formula is C6H7F3N2S. The minimum atomic E-state index is -4.45. The fourth-order valence-corrected chi connectivity index (χ4v) is 1.33. The van der Waals surface area contributed by atoms with Crippen molar-refractivity contribution in [2.75, 3.05) is 0 Å². The van der Waals surface area contributed by atoms with Gasteiger partial charge < -0.3 is 5.73 Å². The zero-order valence-corrected chi connectivity index (χ0v) is 7.04. The highest BCUT2D eigenvalue weighted by Gasteiger charge is 2.51. The average molecular weight is 196 g/mol. The molecule has 0 aliphatic carbocycles. The molecule has 2 nitrogen and oxygen atoms in total. The minimum absolute atomic E-state index is 0.116. The number of nitrogens with two attached hydrogens (primary N) is 1. The summed E-state index contributed by atoms with van der Waals surface area (Å²) in [4.78, 5) is 3.53. The molecule has 0 aliphatic heterocycles. The molecule has 0 radical (unpaired) electrons. The number of hydrogen-bond donors (Lipinski definition) is 1. The Kier molecular flexibility index (Phi) is 2.13. The molecule has 0 saturated carbocycles. The van der Waals surface area contributed by atoms with Crippen LogP contribution in [0.1, 0.15) is 11.9 Å². The van der Waals surface area contributed by atoms with Gasteiger partial charge in [0.25, 0.3) is 0 Å². The van der Waals surface area contributed by atoms with E-state index in [9.17, 15) is 13.2 Å². The summed E-state index contributed by atoms with van der Waals surface area (Å²) in [5.41, 5.74) is 2.75. The van der Waals surface area contributed by atoms with E-state index in [0.29, 0.717) is 0 Å². The first-order valence-electron chi connectivity index (χ1n) is 3.11. The number of thiazole rings is 1. The summed E-state index contributed by atoms with van der Waals surface area (Å²) in [7, 11) is 0. The van der Waals surface area contributed by atoms with Gasteiger partial charge in [-0.25, -0.2) is 4.98 Å². The molecule has 0 spiro atoms. The minimum Gasteiger partial charge on any atom is -0.312 e. The van der Waals surface area contributed by atoms with Gasteiger partial charge in [0.1, 0.15) is 5.01 Å². The molecule has 1 aromatic rings. The Bertz CT molecular complexity index is 252. The van der Waals surface area contributed by atoms with Crippen molar-refractivity contribution in [3.05, 3.63) is 16.6 Å². The largest absolute Gasteiger partial charge is 0.412 e. The van der Waals surface area contributed by atoms with E-state index < -0.39 is 11.7 Å². The number of alkyl halides is 3. The van der Waals surface area contributed by atoms with E-state index in [0.717, 1.165) is 18.3 Å². The van der Waals surface area contributed by atoms with E-state index in [-0.39, 0.29) is 5.01 Å². The summed E-state index contributed by atoms with van der Waals surface area (Å²) in [5, 5.41) is 1.35. The third-order valence-corrected chi connectivity index (χ3v) is 2.48. The molecule has 68 valence electrons. The van der Waals surface area contributed by atoms with Crippen LogP contribution in [0.15, 0.2) is 11.6 Å². The van der Waals surface area contributed by atoms with E-state index >= 15 is 0 Å². The summed E-state index contributed by atoms with van der Waals surface area (Å²) in [6, 6.07) is 0. The quantitative estimate of drug-likeness (QED) is 0.744. The lowest BCUT2D eigenvalue weighted by molar-refractivity contribution is -0.184. The van der Waals surface area contributed by atoms with Crippen LogP contribution in [0.3, 0.4) is 0 Å². The van der Waals surface area contributed by atoms with Gasteiger partial charge in [0.2, 0.25) is 0 Å². The number of aromatic nitrogens is 1. The molecule has 1 heterocycles. The van der Waals surface area contributed by atoms with Crippen molar-refractivity contribution in [3.8, 4) is 0 Å². The second-order valence-electron chi connectivity index (χ2n) is 2.54. The van der Waals surface area contributed by atoms with E-state index in [1.54, 1.807) is 0 Å². The standard InChI is InChI=1S/C6H7F3N2S/c1-5(10,6(7,8)9)4-11-2-3-12-4/h2-3H,10H2,1H3/t5-/m0/s1. The third kappa shape index (κ3) is 1.44. The molecule has 0 aliphatic rings. The lowest BCUT2D eigenvalue weighted by Crippen LogP contribution is -2.47. The molecule has 0 aromatic carbocycles. The Morgan fingerprint density at radius 1 is 1.50 bits per heavy atom. The number of rotatable bonds is 1. The molecule has 1 aromatic heterocycles. The summed E-state index contributed by atoms with van der Waals surface area (Å²) in [6.07, 6.45) is -3.15. The second-order valence-corrected chi connectivity index (χ2v) is 3.43. The van der Waals surface area contributed by atoms with Crippen molar-refractivity contribution in [3.63, 3.8) is 0 Å². The van der Waals surface area contributed by atoms with Crippen LogP contribution in [0.5, 0.6) is 0 Å².